The second-order valence-electron chi connectivity index (χ2n) is 3.57. The number of halogens is 1. The van der Waals surface area contributed by atoms with E-state index in [9.17, 15) is 4.79 Å². The Labute approximate surface area is 98.4 Å². The van der Waals surface area contributed by atoms with Gasteiger partial charge in [-0.3, -0.25) is 4.79 Å². The van der Waals surface area contributed by atoms with Crippen molar-refractivity contribution in [3.8, 4) is 0 Å². The number of nitrogens with two attached hydrogens (primary N) is 1. The molecule has 0 aromatic heterocycles. The van der Waals surface area contributed by atoms with E-state index in [-0.39, 0.29) is 5.91 Å². The van der Waals surface area contributed by atoms with Gasteiger partial charge in [0, 0.05) is 18.1 Å². The maximum Gasteiger partial charge on any atom is 0.239 e. The molecular formula is C11H15BrN2O. The van der Waals surface area contributed by atoms with Gasteiger partial charge in [-0.25, -0.2) is 0 Å². The van der Waals surface area contributed by atoms with E-state index < -0.39 is 6.04 Å². The topological polar surface area (TPSA) is 46.3 Å². The summed E-state index contributed by atoms with van der Waals surface area (Å²) < 4.78 is 1.01. The second-order valence-corrected chi connectivity index (χ2v) is 4.43. The number of rotatable bonds is 3. The monoisotopic (exact) mass is 270 g/mol. The molecule has 4 heteroatoms. The maximum atomic E-state index is 11.5. The van der Waals surface area contributed by atoms with Gasteiger partial charge in [0.15, 0.2) is 0 Å². The smallest absolute Gasteiger partial charge is 0.239 e. The summed E-state index contributed by atoms with van der Waals surface area (Å²) in [6.45, 7) is 2.26. The SMILES string of the molecule is C[C@@H](N)C(=O)N(C)Cc1ccccc1Br. The van der Waals surface area contributed by atoms with E-state index in [1.807, 2.05) is 24.3 Å². The molecule has 0 aliphatic rings. The minimum Gasteiger partial charge on any atom is -0.340 e. The van der Waals surface area contributed by atoms with Crippen LogP contribution in [0.5, 0.6) is 0 Å². The lowest BCUT2D eigenvalue weighted by Gasteiger charge is -2.19. The largest absolute Gasteiger partial charge is 0.340 e. The third kappa shape index (κ3) is 3.32. The summed E-state index contributed by atoms with van der Waals surface area (Å²) >= 11 is 3.44. The van der Waals surface area contributed by atoms with Crippen molar-refractivity contribution >= 4 is 21.8 Å². The molecule has 0 radical (unpaired) electrons. The minimum absolute atomic E-state index is 0.0502. The van der Waals surface area contributed by atoms with Gasteiger partial charge in [-0.1, -0.05) is 34.1 Å². The van der Waals surface area contributed by atoms with E-state index >= 15 is 0 Å². The molecule has 0 aliphatic carbocycles. The molecule has 0 aliphatic heterocycles. The predicted octanol–water partition coefficient (Wildman–Crippen LogP) is 1.75. The van der Waals surface area contributed by atoms with Crippen molar-refractivity contribution in [1.29, 1.82) is 0 Å². The van der Waals surface area contributed by atoms with Crippen LogP contribution in [0, 0.1) is 0 Å². The Morgan fingerprint density at radius 1 is 1.53 bits per heavy atom. The normalized spacial score (nSPS) is 12.3. The average molecular weight is 271 g/mol. The molecule has 0 bridgehead atoms. The predicted molar refractivity (Wildman–Crippen MR) is 64.3 cm³/mol. The van der Waals surface area contributed by atoms with Crippen molar-refractivity contribution in [2.75, 3.05) is 7.05 Å². The van der Waals surface area contributed by atoms with Crippen LogP contribution in [0.1, 0.15) is 12.5 Å². The Morgan fingerprint density at radius 2 is 2.13 bits per heavy atom. The Bertz CT molecular complexity index is 352. The minimum atomic E-state index is -0.447. The van der Waals surface area contributed by atoms with E-state index in [2.05, 4.69) is 15.9 Å². The highest BCUT2D eigenvalue weighted by molar-refractivity contribution is 9.10. The summed E-state index contributed by atoms with van der Waals surface area (Å²) in [6, 6.07) is 7.39. The molecule has 82 valence electrons. The lowest BCUT2D eigenvalue weighted by atomic mass is 10.2. The van der Waals surface area contributed by atoms with Crippen molar-refractivity contribution in [2.24, 2.45) is 5.73 Å². The lowest BCUT2D eigenvalue weighted by Crippen LogP contribution is -2.39. The van der Waals surface area contributed by atoms with Gasteiger partial charge >= 0.3 is 0 Å². The van der Waals surface area contributed by atoms with Gasteiger partial charge in [-0.15, -0.1) is 0 Å². The van der Waals surface area contributed by atoms with Crippen LogP contribution < -0.4 is 5.73 Å². The summed E-state index contributed by atoms with van der Waals surface area (Å²) in [4.78, 5) is 13.2. The molecule has 0 fully saturated rings. The zero-order valence-corrected chi connectivity index (χ0v) is 10.5. The number of likely N-dealkylation sites (N-methyl/N-ethyl adjacent to an activating group) is 1. The van der Waals surface area contributed by atoms with Crippen LogP contribution in [0.3, 0.4) is 0 Å². The fourth-order valence-electron chi connectivity index (χ4n) is 1.31. The average Bonchev–Trinajstić information content (AvgIpc) is 2.20. The number of carbonyl (C=O) groups is 1. The molecule has 0 saturated heterocycles. The van der Waals surface area contributed by atoms with Gasteiger partial charge in [0.2, 0.25) is 5.91 Å². The number of nitrogens with zero attached hydrogens (tertiary/aromatic N) is 1. The summed E-state index contributed by atoms with van der Waals surface area (Å²) in [5.74, 6) is -0.0502. The Kier molecular flexibility index (Phi) is 4.29. The van der Waals surface area contributed by atoms with Crippen LogP contribution >= 0.6 is 15.9 Å². The van der Waals surface area contributed by atoms with Crippen molar-refractivity contribution in [1.82, 2.24) is 4.90 Å². The van der Waals surface area contributed by atoms with Crippen molar-refractivity contribution in [3.05, 3.63) is 34.3 Å². The molecule has 15 heavy (non-hydrogen) atoms. The first-order valence-corrected chi connectivity index (χ1v) is 5.55. The Hall–Kier alpha value is -0.870. The van der Waals surface area contributed by atoms with E-state index in [1.54, 1.807) is 18.9 Å². The third-order valence-corrected chi connectivity index (χ3v) is 2.90. The molecule has 1 atom stereocenters. The van der Waals surface area contributed by atoms with Crippen molar-refractivity contribution < 1.29 is 4.79 Å². The molecule has 3 nitrogen and oxygen atoms in total. The van der Waals surface area contributed by atoms with E-state index in [4.69, 9.17) is 5.73 Å². The zero-order chi connectivity index (χ0) is 11.4. The molecular weight excluding hydrogens is 256 g/mol. The van der Waals surface area contributed by atoms with Gasteiger partial charge in [-0.2, -0.15) is 0 Å². The Balaban J connectivity index is 2.71. The summed E-state index contributed by atoms with van der Waals surface area (Å²) in [5, 5.41) is 0. The van der Waals surface area contributed by atoms with E-state index in [1.165, 1.54) is 0 Å². The van der Waals surface area contributed by atoms with E-state index in [0.29, 0.717) is 6.54 Å². The van der Waals surface area contributed by atoms with Gasteiger partial charge < -0.3 is 10.6 Å². The van der Waals surface area contributed by atoms with Crippen LogP contribution in [-0.2, 0) is 11.3 Å². The second kappa shape index (κ2) is 5.28. The molecule has 1 aromatic rings. The van der Waals surface area contributed by atoms with E-state index in [0.717, 1.165) is 10.0 Å². The highest BCUT2D eigenvalue weighted by atomic mass is 79.9. The van der Waals surface area contributed by atoms with Gasteiger partial charge in [0.1, 0.15) is 0 Å². The molecule has 0 unspecified atom stereocenters. The Morgan fingerprint density at radius 3 is 2.67 bits per heavy atom. The fourth-order valence-corrected chi connectivity index (χ4v) is 1.72. The van der Waals surface area contributed by atoms with Crippen molar-refractivity contribution in [2.45, 2.75) is 19.5 Å². The van der Waals surface area contributed by atoms with Gasteiger partial charge in [0.05, 0.1) is 6.04 Å². The fraction of sp³-hybridized carbons (Fsp3) is 0.364. The van der Waals surface area contributed by atoms with Gasteiger partial charge in [-0.05, 0) is 18.6 Å². The van der Waals surface area contributed by atoms with Crippen LogP contribution in [0.15, 0.2) is 28.7 Å². The molecule has 1 rings (SSSR count). The number of benzene rings is 1. The number of amides is 1. The number of hydrogen-bond donors (Lipinski definition) is 1. The summed E-state index contributed by atoms with van der Waals surface area (Å²) in [7, 11) is 1.76. The molecule has 0 heterocycles. The molecule has 0 saturated carbocycles. The van der Waals surface area contributed by atoms with Crippen LogP contribution in [-0.4, -0.2) is 23.9 Å². The quantitative estimate of drug-likeness (QED) is 0.910. The lowest BCUT2D eigenvalue weighted by molar-refractivity contribution is -0.131. The first-order valence-electron chi connectivity index (χ1n) is 4.76. The third-order valence-electron chi connectivity index (χ3n) is 2.13. The van der Waals surface area contributed by atoms with Crippen molar-refractivity contribution in [3.63, 3.8) is 0 Å². The molecule has 0 spiro atoms. The standard InChI is InChI=1S/C11H15BrN2O/c1-8(13)11(15)14(2)7-9-5-3-4-6-10(9)12/h3-6,8H,7,13H2,1-2H3/t8-/m1/s1. The maximum absolute atomic E-state index is 11.5. The highest BCUT2D eigenvalue weighted by Gasteiger charge is 2.14. The van der Waals surface area contributed by atoms with Crippen LogP contribution in [0.4, 0.5) is 0 Å². The first-order chi connectivity index (χ1) is 7.02. The zero-order valence-electron chi connectivity index (χ0n) is 8.90. The summed E-state index contributed by atoms with van der Waals surface area (Å²) in [5.41, 5.74) is 6.60. The number of hydrogen-bond acceptors (Lipinski definition) is 2. The molecule has 1 aromatic carbocycles. The molecule has 1 amide bonds. The van der Waals surface area contributed by atoms with Gasteiger partial charge in [0.25, 0.3) is 0 Å². The van der Waals surface area contributed by atoms with Crippen LogP contribution in [0.2, 0.25) is 0 Å². The molecule has 2 N–H and O–H groups in total. The summed E-state index contributed by atoms with van der Waals surface area (Å²) in [6.07, 6.45) is 0. The first kappa shape index (κ1) is 12.2. The van der Waals surface area contributed by atoms with Crippen LogP contribution in [0.25, 0.3) is 0 Å². The highest BCUT2D eigenvalue weighted by Crippen LogP contribution is 2.17. The number of carbonyl (C=O) groups excluding carboxylic acids is 1.